The molecule has 0 bridgehead atoms. The van der Waals surface area contributed by atoms with Gasteiger partial charge in [-0.15, -0.1) is 0 Å². The molecule has 3 rings (SSSR count). The van der Waals surface area contributed by atoms with Gasteiger partial charge in [0.25, 0.3) is 0 Å². The van der Waals surface area contributed by atoms with E-state index in [1.165, 1.54) is 23.1 Å². The molecule has 1 aromatic carbocycles. The van der Waals surface area contributed by atoms with Crippen LogP contribution < -0.4 is 0 Å². The maximum Gasteiger partial charge on any atom is 0.0951 e. The molecule has 0 N–H and O–H groups in total. The highest BCUT2D eigenvalue weighted by Crippen LogP contribution is 2.45. The van der Waals surface area contributed by atoms with E-state index in [2.05, 4.69) is 85.7 Å². The van der Waals surface area contributed by atoms with Crippen molar-refractivity contribution in [3.05, 3.63) is 108 Å². The maximum absolute atomic E-state index is 4.44. The van der Waals surface area contributed by atoms with E-state index < -0.39 is 0 Å². The second-order valence-corrected chi connectivity index (χ2v) is 9.17. The monoisotopic (exact) mass is 425 g/mol. The average Bonchev–Trinajstić information content (AvgIpc) is 3.28. The first-order valence-electron chi connectivity index (χ1n) is 11.3. The Morgan fingerprint density at radius 2 is 1.84 bits per heavy atom. The number of allylic oxidation sites excluding steroid dienone is 10. The van der Waals surface area contributed by atoms with E-state index in [4.69, 9.17) is 0 Å². The van der Waals surface area contributed by atoms with E-state index in [1.807, 2.05) is 55.1 Å². The Morgan fingerprint density at radius 3 is 2.56 bits per heavy atom. The number of benzene rings is 1. The Bertz CT molecular complexity index is 1060. The fourth-order valence-electron chi connectivity index (χ4n) is 4.18. The zero-order valence-electron chi connectivity index (χ0n) is 20.0. The summed E-state index contributed by atoms with van der Waals surface area (Å²) in [6, 6.07) is 10.4. The number of para-hydroxylation sites is 1. The lowest BCUT2D eigenvalue weighted by atomic mass is 9.71. The first kappa shape index (κ1) is 23.5. The summed E-state index contributed by atoms with van der Waals surface area (Å²) >= 11 is 0. The molecule has 3 nitrogen and oxygen atoms in total. The summed E-state index contributed by atoms with van der Waals surface area (Å²) in [7, 11) is 0. The molecule has 0 fully saturated rings. The Labute approximate surface area is 193 Å². The zero-order valence-corrected chi connectivity index (χ0v) is 20.0. The highest BCUT2D eigenvalue weighted by Gasteiger charge is 2.32. The Morgan fingerprint density at radius 1 is 1.09 bits per heavy atom. The molecule has 1 aliphatic rings. The van der Waals surface area contributed by atoms with Gasteiger partial charge in [0.1, 0.15) is 0 Å². The largest absolute Gasteiger partial charge is 0.330 e. The third-order valence-electron chi connectivity index (χ3n) is 6.13. The SMILES string of the molecule is CC1=C(/C=C/C(C)=C/C=C/C(C)=C\C=N/c2ccccc2)C(C)(C)CCC1n1ccnc1. The second kappa shape index (κ2) is 10.9. The quantitative estimate of drug-likeness (QED) is 0.327. The number of nitrogens with zero attached hydrogens (tertiary/aromatic N) is 3. The minimum atomic E-state index is 0.186. The first-order valence-corrected chi connectivity index (χ1v) is 11.3. The summed E-state index contributed by atoms with van der Waals surface area (Å²) in [5.74, 6) is 0. The van der Waals surface area contributed by atoms with Crippen LogP contribution in [0.25, 0.3) is 0 Å². The van der Waals surface area contributed by atoms with E-state index in [9.17, 15) is 0 Å². The van der Waals surface area contributed by atoms with E-state index in [0.717, 1.165) is 17.7 Å². The van der Waals surface area contributed by atoms with Crippen LogP contribution in [0, 0.1) is 5.41 Å². The van der Waals surface area contributed by atoms with Crippen LogP contribution in [-0.4, -0.2) is 15.8 Å². The molecule has 32 heavy (non-hydrogen) atoms. The van der Waals surface area contributed by atoms with Gasteiger partial charge in [-0.2, -0.15) is 0 Å². The molecule has 0 radical (unpaired) electrons. The topological polar surface area (TPSA) is 30.2 Å². The minimum absolute atomic E-state index is 0.186. The molecule has 0 saturated carbocycles. The summed E-state index contributed by atoms with van der Waals surface area (Å²) in [5, 5.41) is 0. The standard InChI is InChI=1S/C29H35N3/c1-23(10-9-11-24(2)17-19-31-26-12-7-6-8-13-26)14-15-27-25(3)28(16-18-29(27,4)5)32-21-20-30-22-32/h6-15,17,19-22,28H,16,18H2,1-5H3/b11-9+,15-14+,23-10+,24-17-,31-19-. The van der Waals surface area contributed by atoms with Crippen LogP contribution in [0.2, 0.25) is 0 Å². The van der Waals surface area contributed by atoms with Gasteiger partial charge in [-0.1, -0.05) is 68.0 Å². The van der Waals surface area contributed by atoms with Crippen LogP contribution in [0.1, 0.15) is 53.5 Å². The molecule has 1 unspecified atom stereocenters. The molecule has 0 amide bonds. The van der Waals surface area contributed by atoms with Crippen molar-refractivity contribution in [3.8, 4) is 0 Å². The highest BCUT2D eigenvalue weighted by molar-refractivity contribution is 5.75. The number of hydrogen-bond donors (Lipinski definition) is 0. The molecule has 166 valence electrons. The first-order chi connectivity index (χ1) is 15.4. The van der Waals surface area contributed by atoms with Gasteiger partial charge in [0, 0.05) is 18.6 Å². The van der Waals surface area contributed by atoms with Crippen molar-refractivity contribution in [1.82, 2.24) is 9.55 Å². The van der Waals surface area contributed by atoms with Crippen molar-refractivity contribution in [3.63, 3.8) is 0 Å². The van der Waals surface area contributed by atoms with Gasteiger partial charge in [0.2, 0.25) is 0 Å². The molecule has 1 heterocycles. The normalized spacial score (nSPS) is 20.2. The smallest absolute Gasteiger partial charge is 0.0951 e. The van der Waals surface area contributed by atoms with Crippen LogP contribution in [0.15, 0.2) is 113 Å². The summed E-state index contributed by atoms with van der Waals surface area (Å²) in [6.45, 7) is 11.2. The Balaban J connectivity index is 1.67. The van der Waals surface area contributed by atoms with Gasteiger partial charge in [-0.25, -0.2) is 4.98 Å². The summed E-state index contributed by atoms with van der Waals surface area (Å²) < 4.78 is 2.24. The van der Waals surface area contributed by atoms with E-state index in [1.54, 1.807) is 0 Å². The van der Waals surface area contributed by atoms with Crippen LogP contribution in [0.3, 0.4) is 0 Å². The molecule has 1 aromatic heterocycles. The Hall–Kier alpha value is -3.20. The van der Waals surface area contributed by atoms with Crippen molar-refractivity contribution >= 4 is 11.9 Å². The van der Waals surface area contributed by atoms with Crippen LogP contribution in [0.5, 0.6) is 0 Å². The molecule has 0 spiro atoms. The number of imidazole rings is 1. The zero-order chi connectivity index (χ0) is 23.0. The molecule has 2 aromatic rings. The predicted octanol–water partition coefficient (Wildman–Crippen LogP) is 7.97. The van der Waals surface area contributed by atoms with Crippen LogP contribution in [0.4, 0.5) is 5.69 Å². The van der Waals surface area contributed by atoms with Crippen molar-refractivity contribution in [2.45, 2.75) is 53.5 Å². The summed E-state index contributed by atoms with van der Waals surface area (Å²) in [5.41, 5.74) is 6.42. The van der Waals surface area contributed by atoms with Gasteiger partial charge < -0.3 is 4.57 Å². The molecule has 1 atom stereocenters. The molecular formula is C29H35N3. The number of aliphatic imine (C=N–C) groups is 1. The van der Waals surface area contributed by atoms with Gasteiger partial charge in [0.05, 0.1) is 18.1 Å². The number of hydrogen-bond acceptors (Lipinski definition) is 2. The third-order valence-corrected chi connectivity index (χ3v) is 6.13. The minimum Gasteiger partial charge on any atom is -0.330 e. The van der Waals surface area contributed by atoms with Crippen molar-refractivity contribution in [2.75, 3.05) is 0 Å². The summed E-state index contributed by atoms with van der Waals surface area (Å²) in [6.07, 6.45) is 23.0. The predicted molar refractivity (Wildman–Crippen MR) is 137 cm³/mol. The lowest BCUT2D eigenvalue weighted by molar-refractivity contribution is 0.327. The van der Waals surface area contributed by atoms with Gasteiger partial charge >= 0.3 is 0 Å². The molecule has 0 aliphatic heterocycles. The lowest BCUT2D eigenvalue weighted by Gasteiger charge is -2.37. The van der Waals surface area contributed by atoms with Crippen molar-refractivity contribution < 1.29 is 0 Å². The van der Waals surface area contributed by atoms with Crippen LogP contribution >= 0.6 is 0 Å². The Kier molecular flexibility index (Phi) is 7.99. The number of rotatable bonds is 7. The van der Waals surface area contributed by atoms with E-state index >= 15 is 0 Å². The second-order valence-electron chi connectivity index (χ2n) is 9.17. The van der Waals surface area contributed by atoms with Gasteiger partial charge in [-0.05, 0) is 74.0 Å². The highest BCUT2D eigenvalue weighted by atomic mass is 15.1. The van der Waals surface area contributed by atoms with Crippen molar-refractivity contribution in [1.29, 1.82) is 0 Å². The molecule has 1 aliphatic carbocycles. The van der Waals surface area contributed by atoms with Gasteiger partial charge in [-0.3, -0.25) is 4.99 Å². The third kappa shape index (κ3) is 6.40. The van der Waals surface area contributed by atoms with Gasteiger partial charge in [0.15, 0.2) is 0 Å². The lowest BCUT2D eigenvalue weighted by Crippen LogP contribution is -2.25. The molecule has 3 heteroatoms. The fourth-order valence-corrected chi connectivity index (χ4v) is 4.18. The van der Waals surface area contributed by atoms with Crippen LogP contribution in [-0.2, 0) is 0 Å². The number of aromatic nitrogens is 2. The van der Waals surface area contributed by atoms with E-state index in [-0.39, 0.29) is 5.41 Å². The maximum atomic E-state index is 4.44. The molecule has 0 saturated heterocycles. The van der Waals surface area contributed by atoms with Crippen molar-refractivity contribution in [2.24, 2.45) is 10.4 Å². The summed E-state index contributed by atoms with van der Waals surface area (Å²) in [4.78, 5) is 8.69. The fraction of sp³-hybridized carbons (Fsp3) is 0.310. The average molecular weight is 426 g/mol. The molecular weight excluding hydrogens is 390 g/mol. The van der Waals surface area contributed by atoms with E-state index in [0.29, 0.717) is 6.04 Å².